The lowest BCUT2D eigenvalue weighted by molar-refractivity contribution is 0.250. The molecule has 9 heteroatoms. The number of nitrogens with zero attached hydrogens (tertiary/aromatic N) is 4. The number of hydrogen-bond donors (Lipinski definition) is 1. The van der Waals surface area contributed by atoms with Crippen molar-refractivity contribution in [1.82, 2.24) is 19.5 Å². The zero-order valence-corrected chi connectivity index (χ0v) is 18.8. The molecule has 0 saturated heterocycles. The van der Waals surface area contributed by atoms with Crippen LogP contribution >= 0.6 is 0 Å². The maximum atomic E-state index is 13.5. The molecule has 0 amide bonds. The Morgan fingerprint density at radius 1 is 1.03 bits per heavy atom. The van der Waals surface area contributed by atoms with Crippen molar-refractivity contribution in [3.8, 4) is 22.6 Å². The van der Waals surface area contributed by atoms with E-state index < -0.39 is 15.9 Å². The third-order valence-corrected chi connectivity index (χ3v) is 6.93. The smallest absolute Gasteiger partial charge is 0.247 e. The van der Waals surface area contributed by atoms with Crippen LogP contribution in [-0.4, -0.2) is 45.4 Å². The predicted octanol–water partition coefficient (Wildman–Crippen LogP) is 3.91. The zero-order valence-electron chi connectivity index (χ0n) is 18.0. The Morgan fingerprint density at radius 2 is 1.76 bits per heavy atom. The standard InChI is InChI=1S/C24H23FN4O3S/c1-2-14-33(31,32)24-26-13-12-20(28-24)23-22(18-8-10-19(25)11-9-18)27-16-29(23)21(15-30)17-6-4-3-5-7-17/h3-13,16,21,30H,2,14-15H2,1H3/t21-/m1/s1. The molecule has 0 aliphatic rings. The SMILES string of the molecule is CCCS(=O)(=O)c1nccc(-c2c(-c3ccc(F)cc3)ncn2[C@H](CO)c2ccccc2)n1. The fourth-order valence-electron chi connectivity index (χ4n) is 3.68. The van der Waals surface area contributed by atoms with E-state index in [2.05, 4.69) is 15.0 Å². The van der Waals surface area contributed by atoms with Crippen molar-refractivity contribution in [3.05, 3.63) is 84.6 Å². The monoisotopic (exact) mass is 466 g/mol. The lowest BCUT2D eigenvalue weighted by Crippen LogP contribution is -2.16. The van der Waals surface area contributed by atoms with Crippen LogP contribution in [0.25, 0.3) is 22.6 Å². The molecule has 4 aromatic rings. The summed E-state index contributed by atoms with van der Waals surface area (Å²) in [7, 11) is -3.65. The highest BCUT2D eigenvalue weighted by Gasteiger charge is 2.25. The van der Waals surface area contributed by atoms with Gasteiger partial charge in [0.2, 0.25) is 15.0 Å². The molecule has 0 radical (unpaired) electrons. The van der Waals surface area contributed by atoms with Crippen LogP contribution in [0.3, 0.4) is 0 Å². The molecule has 33 heavy (non-hydrogen) atoms. The molecule has 1 N–H and O–H groups in total. The Kier molecular flexibility index (Phi) is 6.62. The summed E-state index contributed by atoms with van der Waals surface area (Å²) in [6, 6.07) is 16.4. The molecular weight excluding hydrogens is 443 g/mol. The van der Waals surface area contributed by atoms with Gasteiger partial charge < -0.3 is 9.67 Å². The lowest BCUT2D eigenvalue weighted by atomic mass is 10.0. The molecule has 2 aromatic carbocycles. The molecule has 4 rings (SSSR count). The summed E-state index contributed by atoms with van der Waals surface area (Å²) < 4.78 is 40.5. The number of imidazole rings is 1. The van der Waals surface area contributed by atoms with Crippen molar-refractivity contribution in [2.45, 2.75) is 24.5 Å². The van der Waals surface area contributed by atoms with Crippen molar-refractivity contribution < 1.29 is 17.9 Å². The maximum absolute atomic E-state index is 13.5. The average molecular weight is 467 g/mol. The molecule has 0 aliphatic heterocycles. The summed E-state index contributed by atoms with van der Waals surface area (Å²) in [5.41, 5.74) is 2.80. The minimum Gasteiger partial charge on any atom is -0.394 e. The fourth-order valence-corrected chi connectivity index (χ4v) is 4.86. The van der Waals surface area contributed by atoms with E-state index in [4.69, 9.17) is 0 Å². The van der Waals surface area contributed by atoms with Crippen LogP contribution in [0.1, 0.15) is 24.9 Å². The highest BCUT2D eigenvalue weighted by atomic mass is 32.2. The van der Waals surface area contributed by atoms with Gasteiger partial charge in [0, 0.05) is 11.8 Å². The van der Waals surface area contributed by atoms with Crippen LogP contribution in [0, 0.1) is 5.82 Å². The van der Waals surface area contributed by atoms with Gasteiger partial charge in [-0.25, -0.2) is 27.8 Å². The molecule has 0 aliphatic carbocycles. The van der Waals surface area contributed by atoms with Gasteiger partial charge in [-0.1, -0.05) is 37.3 Å². The molecule has 0 bridgehead atoms. The van der Waals surface area contributed by atoms with E-state index in [1.165, 1.54) is 18.3 Å². The van der Waals surface area contributed by atoms with Gasteiger partial charge in [0.25, 0.3) is 0 Å². The lowest BCUT2D eigenvalue weighted by Gasteiger charge is -2.20. The van der Waals surface area contributed by atoms with Gasteiger partial charge in [0.1, 0.15) is 5.82 Å². The van der Waals surface area contributed by atoms with Gasteiger partial charge in [-0.05, 0) is 42.3 Å². The van der Waals surface area contributed by atoms with Gasteiger partial charge in [0.05, 0.1) is 41.8 Å². The number of aromatic nitrogens is 4. The molecule has 0 unspecified atom stereocenters. The van der Waals surface area contributed by atoms with Crippen molar-refractivity contribution in [3.63, 3.8) is 0 Å². The molecule has 2 heterocycles. The van der Waals surface area contributed by atoms with Gasteiger partial charge in [0.15, 0.2) is 0 Å². The Hall–Kier alpha value is -3.43. The Bertz CT molecular complexity index is 1340. The van der Waals surface area contributed by atoms with Crippen molar-refractivity contribution >= 4 is 9.84 Å². The van der Waals surface area contributed by atoms with E-state index >= 15 is 0 Å². The molecule has 0 spiro atoms. The summed E-state index contributed by atoms with van der Waals surface area (Å²) in [5.74, 6) is -0.448. The van der Waals surface area contributed by atoms with E-state index in [9.17, 15) is 17.9 Å². The van der Waals surface area contributed by atoms with Crippen LogP contribution in [0.4, 0.5) is 4.39 Å². The fraction of sp³-hybridized carbons (Fsp3) is 0.208. The van der Waals surface area contributed by atoms with Crippen LogP contribution in [0.5, 0.6) is 0 Å². The van der Waals surface area contributed by atoms with E-state index in [0.29, 0.717) is 29.1 Å². The Morgan fingerprint density at radius 3 is 2.42 bits per heavy atom. The van der Waals surface area contributed by atoms with Gasteiger partial charge in [-0.2, -0.15) is 0 Å². The number of rotatable bonds is 8. The largest absolute Gasteiger partial charge is 0.394 e. The van der Waals surface area contributed by atoms with E-state index in [-0.39, 0.29) is 23.3 Å². The normalized spacial score (nSPS) is 12.6. The first kappa shape index (κ1) is 22.8. The van der Waals surface area contributed by atoms with Crippen LogP contribution in [0.2, 0.25) is 0 Å². The first-order valence-electron chi connectivity index (χ1n) is 10.5. The van der Waals surface area contributed by atoms with Crippen molar-refractivity contribution in [2.75, 3.05) is 12.4 Å². The number of halogens is 1. The van der Waals surface area contributed by atoms with Crippen LogP contribution < -0.4 is 0 Å². The van der Waals surface area contributed by atoms with E-state index in [0.717, 1.165) is 5.56 Å². The minimum absolute atomic E-state index is 0.0657. The van der Waals surface area contributed by atoms with Crippen molar-refractivity contribution in [2.24, 2.45) is 0 Å². The zero-order chi connectivity index (χ0) is 23.4. The summed E-state index contributed by atoms with van der Waals surface area (Å²) in [4.78, 5) is 12.9. The van der Waals surface area contributed by atoms with E-state index in [1.807, 2.05) is 30.3 Å². The molecule has 0 fully saturated rings. The Labute approximate surface area is 191 Å². The number of sulfone groups is 1. The predicted molar refractivity (Wildman–Crippen MR) is 123 cm³/mol. The maximum Gasteiger partial charge on any atom is 0.247 e. The second-order valence-corrected chi connectivity index (χ2v) is 9.51. The highest BCUT2D eigenvalue weighted by molar-refractivity contribution is 7.91. The molecular formula is C24H23FN4O3S. The summed E-state index contributed by atoms with van der Waals surface area (Å²) in [5, 5.41) is 9.98. The third-order valence-electron chi connectivity index (χ3n) is 5.23. The molecule has 170 valence electrons. The number of aliphatic hydroxyl groups is 1. The number of aliphatic hydroxyl groups excluding tert-OH is 1. The second-order valence-electron chi connectivity index (χ2n) is 7.51. The van der Waals surface area contributed by atoms with Gasteiger partial charge in [-0.15, -0.1) is 0 Å². The number of hydrogen-bond acceptors (Lipinski definition) is 6. The van der Waals surface area contributed by atoms with Crippen LogP contribution in [0.15, 0.2) is 78.3 Å². The molecule has 1 atom stereocenters. The summed E-state index contributed by atoms with van der Waals surface area (Å²) >= 11 is 0. The highest BCUT2D eigenvalue weighted by Crippen LogP contribution is 2.34. The first-order chi connectivity index (χ1) is 15.9. The third kappa shape index (κ3) is 4.69. The number of benzene rings is 2. The molecule has 2 aromatic heterocycles. The first-order valence-corrected chi connectivity index (χ1v) is 12.1. The molecule has 0 saturated carbocycles. The minimum atomic E-state index is -3.65. The molecule has 7 nitrogen and oxygen atoms in total. The summed E-state index contributed by atoms with van der Waals surface area (Å²) in [6.07, 6.45) is 3.41. The Balaban J connectivity index is 1.94. The van der Waals surface area contributed by atoms with E-state index in [1.54, 1.807) is 36.0 Å². The average Bonchev–Trinajstić information content (AvgIpc) is 3.25. The topological polar surface area (TPSA) is 98.0 Å². The quantitative estimate of drug-likeness (QED) is 0.396. The van der Waals surface area contributed by atoms with Gasteiger partial charge in [-0.3, -0.25) is 0 Å². The van der Waals surface area contributed by atoms with Gasteiger partial charge >= 0.3 is 0 Å². The van der Waals surface area contributed by atoms with Crippen LogP contribution in [-0.2, 0) is 9.84 Å². The van der Waals surface area contributed by atoms with Crippen molar-refractivity contribution in [1.29, 1.82) is 0 Å². The summed E-state index contributed by atoms with van der Waals surface area (Å²) in [6.45, 7) is 1.55. The second kappa shape index (κ2) is 9.60.